The number of hydrogen-bond donors (Lipinski definition) is 0. The molecule has 0 radical (unpaired) electrons. The Bertz CT molecular complexity index is 1500. The van der Waals surface area contributed by atoms with E-state index >= 15 is 0 Å². The summed E-state index contributed by atoms with van der Waals surface area (Å²) >= 11 is 9.47. The standard InChI is InChI=1S/C27H18ClN3O2S2/c28-21-10-8-20(9-11-21)26(19-4-2-1-3-5-19)35-27-30-24-15-12-22(16-25(24)34-27)29-17-18-6-13-23(14-7-18)31(32)33/h1-17,26H/t26-/m1/s1. The molecule has 0 saturated heterocycles. The Labute approximate surface area is 215 Å². The van der Waals surface area contributed by atoms with Crippen LogP contribution in [0.25, 0.3) is 10.2 Å². The van der Waals surface area contributed by atoms with Gasteiger partial charge in [-0.3, -0.25) is 15.1 Å². The second-order valence-electron chi connectivity index (χ2n) is 7.70. The summed E-state index contributed by atoms with van der Waals surface area (Å²) in [5.41, 5.74) is 4.95. The lowest BCUT2D eigenvalue weighted by atomic mass is 10.0. The van der Waals surface area contributed by atoms with Gasteiger partial charge in [-0.1, -0.05) is 65.8 Å². The summed E-state index contributed by atoms with van der Waals surface area (Å²) in [5.74, 6) is 0. The van der Waals surface area contributed by atoms with E-state index in [1.54, 1.807) is 41.4 Å². The number of aromatic nitrogens is 1. The summed E-state index contributed by atoms with van der Waals surface area (Å²) in [6.07, 6.45) is 1.70. The molecule has 0 aliphatic rings. The van der Waals surface area contributed by atoms with Crippen LogP contribution < -0.4 is 0 Å². The predicted molar refractivity (Wildman–Crippen MR) is 146 cm³/mol. The minimum Gasteiger partial charge on any atom is -0.258 e. The molecule has 0 fully saturated rings. The highest BCUT2D eigenvalue weighted by Gasteiger charge is 2.18. The molecule has 0 aliphatic heterocycles. The summed E-state index contributed by atoms with van der Waals surface area (Å²) in [7, 11) is 0. The first-order chi connectivity index (χ1) is 17.0. The third-order valence-electron chi connectivity index (χ3n) is 5.31. The molecule has 0 unspecified atom stereocenters. The molecule has 0 spiro atoms. The van der Waals surface area contributed by atoms with E-state index in [-0.39, 0.29) is 10.9 Å². The molecule has 0 amide bonds. The first-order valence-electron chi connectivity index (χ1n) is 10.7. The molecule has 1 aromatic heterocycles. The quantitative estimate of drug-likeness (QED) is 0.0942. The zero-order valence-corrected chi connectivity index (χ0v) is 20.6. The molecule has 4 aromatic carbocycles. The number of hydrogen-bond acceptors (Lipinski definition) is 6. The number of benzene rings is 4. The van der Waals surface area contributed by atoms with E-state index in [1.807, 2.05) is 48.5 Å². The third-order valence-corrected chi connectivity index (χ3v) is 7.99. The summed E-state index contributed by atoms with van der Waals surface area (Å²) in [6, 6.07) is 30.5. The van der Waals surface area contributed by atoms with Crippen molar-refractivity contribution >= 4 is 62.5 Å². The molecular weight excluding hydrogens is 498 g/mol. The topological polar surface area (TPSA) is 68.4 Å². The SMILES string of the molecule is O=[N+]([O-])c1ccc(C=Nc2ccc3nc(S[C@H](c4ccccc4)c4ccc(Cl)cc4)sc3c2)cc1. The normalized spacial score (nSPS) is 12.3. The van der Waals surface area contributed by atoms with E-state index in [1.165, 1.54) is 23.3 Å². The monoisotopic (exact) mass is 515 g/mol. The fourth-order valence-electron chi connectivity index (χ4n) is 3.55. The van der Waals surface area contributed by atoms with E-state index in [4.69, 9.17) is 16.6 Å². The van der Waals surface area contributed by atoms with Gasteiger partial charge >= 0.3 is 0 Å². The highest BCUT2D eigenvalue weighted by molar-refractivity contribution is 8.01. The number of halogens is 1. The number of non-ortho nitro benzene ring substituents is 1. The Kier molecular flexibility index (Phi) is 6.90. The van der Waals surface area contributed by atoms with Crippen LogP contribution in [0.5, 0.6) is 0 Å². The molecule has 5 aromatic rings. The minimum absolute atomic E-state index is 0.0608. The Morgan fingerprint density at radius 2 is 1.66 bits per heavy atom. The molecule has 172 valence electrons. The molecule has 35 heavy (non-hydrogen) atoms. The Hall–Kier alpha value is -3.52. The molecule has 1 heterocycles. The van der Waals surface area contributed by atoms with Crippen LogP contribution in [0.3, 0.4) is 0 Å². The Morgan fingerprint density at radius 3 is 2.37 bits per heavy atom. The molecule has 0 saturated carbocycles. The van der Waals surface area contributed by atoms with Gasteiger partial charge in [-0.15, -0.1) is 11.3 Å². The van der Waals surface area contributed by atoms with Crippen LogP contribution in [0.15, 0.2) is 106 Å². The number of nitrogens with zero attached hydrogens (tertiary/aromatic N) is 3. The van der Waals surface area contributed by atoms with Gasteiger partial charge < -0.3 is 0 Å². The number of nitro benzene ring substituents is 1. The first-order valence-corrected chi connectivity index (χ1v) is 12.8. The lowest BCUT2D eigenvalue weighted by molar-refractivity contribution is -0.384. The average molecular weight is 516 g/mol. The van der Waals surface area contributed by atoms with Crippen LogP contribution in [0.1, 0.15) is 21.9 Å². The van der Waals surface area contributed by atoms with Crippen LogP contribution >= 0.6 is 34.7 Å². The van der Waals surface area contributed by atoms with Crippen molar-refractivity contribution in [3.8, 4) is 0 Å². The lowest BCUT2D eigenvalue weighted by Crippen LogP contribution is -1.96. The summed E-state index contributed by atoms with van der Waals surface area (Å²) in [5, 5.41) is 11.6. The van der Waals surface area contributed by atoms with E-state index in [0.29, 0.717) is 5.02 Å². The van der Waals surface area contributed by atoms with Crippen molar-refractivity contribution in [2.24, 2.45) is 4.99 Å². The number of aliphatic imine (C=N–C) groups is 1. The van der Waals surface area contributed by atoms with Gasteiger partial charge in [0.1, 0.15) is 0 Å². The maximum Gasteiger partial charge on any atom is 0.269 e. The highest BCUT2D eigenvalue weighted by atomic mass is 35.5. The Morgan fingerprint density at radius 1 is 0.943 bits per heavy atom. The van der Waals surface area contributed by atoms with Crippen LogP contribution in [0.4, 0.5) is 11.4 Å². The third kappa shape index (κ3) is 5.59. The summed E-state index contributed by atoms with van der Waals surface area (Å²) in [4.78, 5) is 19.8. The van der Waals surface area contributed by atoms with Gasteiger partial charge in [-0.25, -0.2) is 4.98 Å². The highest BCUT2D eigenvalue weighted by Crippen LogP contribution is 2.43. The van der Waals surface area contributed by atoms with Gasteiger partial charge in [-0.05, 0) is 59.2 Å². The number of thioether (sulfide) groups is 1. The van der Waals surface area contributed by atoms with Crippen molar-refractivity contribution in [2.45, 2.75) is 9.59 Å². The largest absolute Gasteiger partial charge is 0.269 e. The maximum absolute atomic E-state index is 10.8. The minimum atomic E-state index is -0.413. The number of nitro groups is 1. The van der Waals surface area contributed by atoms with Gasteiger partial charge in [0.2, 0.25) is 0 Å². The number of thiazole rings is 1. The lowest BCUT2D eigenvalue weighted by Gasteiger charge is -2.16. The molecule has 1 atom stereocenters. The van der Waals surface area contributed by atoms with Crippen LogP contribution in [-0.2, 0) is 0 Å². The molecule has 0 aliphatic carbocycles. The van der Waals surface area contributed by atoms with Gasteiger partial charge in [0, 0.05) is 23.4 Å². The van der Waals surface area contributed by atoms with E-state index in [9.17, 15) is 10.1 Å². The van der Waals surface area contributed by atoms with Crippen LogP contribution in [0, 0.1) is 10.1 Å². The summed E-state index contributed by atoms with van der Waals surface area (Å²) < 4.78 is 2.02. The van der Waals surface area contributed by atoms with Gasteiger partial charge in [0.15, 0.2) is 4.34 Å². The van der Waals surface area contributed by atoms with E-state index < -0.39 is 4.92 Å². The first kappa shape index (κ1) is 23.2. The molecule has 5 nitrogen and oxygen atoms in total. The van der Waals surface area contributed by atoms with E-state index in [0.717, 1.165) is 25.8 Å². The fraction of sp³-hybridized carbons (Fsp3) is 0.0370. The fourth-order valence-corrected chi connectivity index (χ4v) is 6.09. The van der Waals surface area contributed by atoms with Crippen molar-refractivity contribution in [3.63, 3.8) is 0 Å². The predicted octanol–water partition coefficient (Wildman–Crippen LogP) is 8.49. The van der Waals surface area contributed by atoms with Gasteiger partial charge in [-0.2, -0.15) is 0 Å². The zero-order chi connectivity index (χ0) is 24.2. The van der Waals surface area contributed by atoms with Crippen molar-refractivity contribution in [3.05, 3.63) is 129 Å². The molecule has 0 bridgehead atoms. The second kappa shape index (κ2) is 10.4. The van der Waals surface area contributed by atoms with Crippen LogP contribution in [-0.4, -0.2) is 16.1 Å². The van der Waals surface area contributed by atoms with Crippen LogP contribution in [0.2, 0.25) is 5.02 Å². The summed E-state index contributed by atoms with van der Waals surface area (Å²) in [6.45, 7) is 0. The molecule has 0 N–H and O–H groups in total. The smallest absolute Gasteiger partial charge is 0.258 e. The second-order valence-corrected chi connectivity index (χ2v) is 10.5. The maximum atomic E-state index is 10.8. The number of rotatable bonds is 7. The molecule has 8 heteroatoms. The van der Waals surface area contributed by atoms with Crippen molar-refractivity contribution in [2.75, 3.05) is 0 Å². The average Bonchev–Trinajstić information content (AvgIpc) is 3.29. The zero-order valence-electron chi connectivity index (χ0n) is 18.2. The van der Waals surface area contributed by atoms with Crippen molar-refractivity contribution in [1.82, 2.24) is 4.98 Å². The van der Waals surface area contributed by atoms with Crippen molar-refractivity contribution < 1.29 is 4.92 Å². The number of fused-ring (bicyclic) bond motifs is 1. The van der Waals surface area contributed by atoms with Gasteiger partial charge in [0.05, 0.1) is 26.1 Å². The van der Waals surface area contributed by atoms with E-state index in [2.05, 4.69) is 29.3 Å². The molecule has 5 rings (SSSR count). The molecular formula is C27H18ClN3O2S2. The van der Waals surface area contributed by atoms with Crippen molar-refractivity contribution in [1.29, 1.82) is 0 Å². The Balaban J connectivity index is 1.39. The van der Waals surface area contributed by atoms with Gasteiger partial charge in [0.25, 0.3) is 5.69 Å².